The van der Waals surface area contributed by atoms with Gasteiger partial charge in [-0.25, -0.2) is 4.68 Å². The van der Waals surface area contributed by atoms with Gasteiger partial charge in [-0.15, -0.1) is 0 Å². The van der Waals surface area contributed by atoms with Crippen molar-refractivity contribution in [2.75, 3.05) is 61.5 Å². The van der Waals surface area contributed by atoms with Crippen molar-refractivity contribution in [3.8, 4) is 5.69 Å². The molecule has 0 saturated carbocycles. The highest BCUT2D eigenvalue weighted by molar-refractivity contribution is 6.06. The Labute approximate surface area is 296 Å². The number of aliphatic hydroxyl groups is 1. The zero-order valence-electron chi connectivity index (χ0n) is 28.4. The fourth-order valence-corrected chi connectivity index (χ4v) is 6.97. The summed E-state index contributed by atoms with van der Waals surface area (Å²) in [7, 11) is 0. The van der Waals surface area contributed by atoms with Gasteiger partial charge >= 0.3 is 0 Å². The summed E-state index contributed by atoms with van der Waals surface area (Å²) in [5.74, 6) is -0.367. The number of amides is 2. The fourth-order valence-electron chi connectivity index (χ4n) is 6.97. The number of nitrogens with one attached hydrogen (secondary N) is 2. The van der Waals surface area contributed by atoms with Gasteiger partial charge in [0.05, 0.1) is 36.7 Å². The minimum atomic E-state index is -0.224. The summed E-state index contributed by atoms with van der Waals surface area (Å²) >= 11 is 0. The molecule has 11 nitrogen and oxygen atoms in total. The minimum absolute atomic E-state index is 0.181. The number of rotatable bonds is 9. The third kappa shape index (κ3) is 7.23. The highest BCUT2D eigenvalue weighted by Crippen LogP contribution is 2.25. The van der Waals surface area contributed by atoms with Gasteiger partial charge in [0, 0.05) is 89.9 Å². The minimum Gasteiger partial charge on any atom is -0.393 e. The first-order valence-electron chi connectivity index (χ1n) is 17.6. The van der Waals surface area contributed by atoms with Crippen molar-refractivity contribution in [2.45, 2.75) is 25.5 Å². The SMILES string of the molecule is O=C(Nc1ccc2c(ccn2CCN2CCOCC2)c1)c1ccc(-n2ncc3cc(NC(=O)c4ccc(N5CCC(O)CC5)cc4)ccc32)cc1. The van der Waals surface area contributed by atoms with Crippen LogP contribution in [0.25, 0.3) is 27.5 Å². The predicted octanol–water partition coefficient (Wildman–Crippen LogP) is 5.78. The zero-order chi connectivity index (χ0) is 34.7. The average Bonchev–Trinajstić information content (AvgIpc) is 3.78. The summed E-state index contributed by atoms with van der Waals surface area (Å²) in [6, 6.07) is 28.8. The molecule has 2 saturated heterocycles. The van der Waals surface area contributed by atoms with E-state index in [-0.39, 0.29) is 17.9 Å². The number of fused-ring (bicyclic) bond motifs is 2. The van der Waals surface area contributed by atoms with Crippen molar-refractivity contribution in [3.63, 3.8) is 0 Å². The molecule has 0 unspecified atom stereocenters. The first kappa shape index (κ1) is 32.7. The topological polar surface area (TPSA) is 117 Å². The van der Waals surface area contributed by atoms with Gasteiger partial charge in [-0.3, -0.25) is 14.5 Å². The van der Waals surface area contributed by atoms with Gasteiger partial charge in [-0.2, -0.15) is 5.10 Å². The highest BCUT2D eigenvalue weighted by atomic mass is 16.5. The highest BCUT2D eigenvalue weighted by Gasteiger charge is 2.18. The molecule has 51 heavy (non-hydrogen) atoms. The Balaban J connectivity index is 0.885. The van der Waals surface area contributed by atoms with Gasteiger partial charge < -0.3 is 29.9 Å². The number of carbonyl (C=O) groups excluding carboxylic acids is 2. The van der Waals surface area contributed by atoms with E-state index in [1.165, 1.54) is 0 Å². The van der Waals surface area contributed by atoms with Crippen LogP contribution >= 0.6 is 0 Å². The molecule has 260 valence electrons. The Morgan fingerprint density at radius 1 is 0.706 bits per heavy atom. The Bertz CT molecular complexity index is 2160. The number of hydrogen-bond donors (Lipinski definition) is 3. The molecule has 0 spiro atoms. The maximum atomic E-state index is 13.2. The quantitative estimate of drug-likeness (QED) is 0.177. The van der Waals surface area contributed by atoms with Gasteiger partial charge in [0.15, 0.2) is 0 Å². The lowest BCUT2D eigenvalue weighted by Crippen LogP contribution is -2.38. The van der Waals surface area contributed by atoms with Crippen molar-refractivity contribution in [1.29, 1.82) is 0 Å². The van der Waals surface area contributed by atoms with Crippen LogP contribution < -0.4 is 15.5 Å². The molecule has 11 heteroatoms. The van der Waals surface area contributed by atoms with Crippen LogP contribution in [0.2, 0.25) is 0 Å². The largest absolute Gasteiger partial charge is 0.393 e. The van der Waals surface area contributed by atoms with Crippen LogP contribution in [0.1, 0.15) is 33.6 Å². The first-order chi connectivity index (χ1) is 25.0. The van der Waals surface area contributed by atoms with Crippen molar-refractivity contribution in [3.05, 3.63) is 115 Å². The Hall–Kier alpha value is -5.49. The van der Waals surface area contributed by atoms with E-state index in [0.717, 1.165) is 104 Å². The molecule has 3 N–H and O–H groups in total. The monoisotopic (exact) mass is 683 g/mol. The number of benzene rings is 4. The Kier molecular flexibility index (Phi) is 9.23. The smallest absolute Gasteiger partial charge is 0.255 e. The number of anilines is 3. The molecule has 2 amide bonds. The Morgan fingerprint density at radius 2 is 1.31 bits per heavy atom. The molecule has 0 atom stereocenters. The molecule has 0 radical (unpaired) electrons. The molecule has 2 aromatic heterocycles. The maximum absolute atomic E-state index is 13.2. The summed E-state index contributed by atoms with van der Waals surface area (Å²) in [6.07, 6.45) is 5.17. The first-order valence-corrected chi connectivity index (χ1v) is 17.6. The number of hydrogen-bond acceptors (Lipinski definition) is 7. The number of aliphatic hydroxyl groups excluding tert-OH is 1. The molecular formula is C40H41N7O4. The van der Waals surface area contributed by atoms with Crippen molar-refractivity contribution in [1.82, 2.24) is 19.2 Å². The number of morpholine rings is 1. The number of nitrogens with zero attached hydrogens (tertiary/aromatic N) is 5. The number of aromatic nitrogens is 3. The van der Waals surface area contributed by atoms with E-state index in [0.29, 0.717) is 16.8 Å². The van der Waals surface area contributed by atoms with Crippen molar-refractivity contribution >= 4 is 50.7 Å². The summed E-state index contributed by atoms with van der Waals surface area (Å²) in [5.41, 5.74) is 6.45. The summed E-state index contributed by atoms with van der Waals surface area (Å²) < 4.78 is 9.54. The van der Waals surface area contributed by atoms with Crippen LogP contribution in [0.3, 0.4) is 0 Å². The van der Waals surface area contributed by atoms with E-state index in [9.17, 15) is 14.7 Å². The van der Waals surface area contributed by atoms with E-state index >= 15 is 0 Å². The number of ether oxygens (including phenoxy) is 1. The average molecular weight is 684 g/mol. The maximum Gasteiger partial charge on any atom is 0.255 e. The zero-order valence-corrected chi connectivity index (χ0v) is 28.4. The molecule has 6 aromatic rings. The van der Waals surface area contributed by atoms with Crippen LogP contribution in [0.15, 0.2) is 103 Å². The third-order valence-corrected chi connectivity index (χ3v) is 9.95. The second-order valence-electron chi connectivity index (χ2n) is 13.3. The lowest BCUT2D eigenvalue weighted by molar-refractivity contribution is 0.0365. The lowest BCUT2D eigenvalue weighted by atomic mass is 10.1. The number of piperidine rings is 1. The van der Waals surface area contributed by atoms with Gasteiger partial charge in [-0.05, 0) is 104 Å². The van der Waals surface area contributed by atoms with E-state index in [1.54, 1.807) is 18.3 Å². The predicted molar refractivity (Wildman–Crippen MR) is 200 cm³/mol. The van der Waals surface area contributed by atoms with E-state index in [2.05, 4.69) is 48.4 Å². The molecule has 0 bridgehead atoms. The van der Waals surface area contributed by atoms with Crippen LogP contribution in [0, 0.1) is 0 Å². The van der Waals surface area contributed by atoms with Crippen molar-refractivity contribution in [2.24, 2.45) is 0 Å². The van der Waals surface area contributed by atoms with Gasteiger partial charge in [-0.1, -0.05) is 0 Å². The second-order valence-corrected chi connectivity index (χ2v) is 13.3. The molecule has 2 aliphatic rings. The molecular weight excluding hydrogens is 642 g/mol. The van der Waals surface area contributed by atoms with Crippen LogP contribution in [-0.2, 0) is 11.3 Å². The van der Waals surface area contributed by atoms with Gasteiger partial charge in [0.1, 0.15) is 0 Å². The molecule has 4 aromatic carbocycles. The normalized spacial score (nSPS) is 15.7. The lowest BCUT2D eigenvalue weighted by Gasteiger charge is -2.31. The van der Waals surface area contributed by atoms with Gasteiger partial charge in [0.2, 0.25) is 0 Å². The van der Waals surface area contributed by atoms with Crippen LogP contribution in [0.4, 0.5) is 17.1 Å². The molecule has 2 fully saturated rings. The molecule has 0 aliphatic carbocycles. The van der Waals surface area contributed by atoms with Gasteiger partial charge in [0.25, 0.3) is 11.8 Å². The van der Waals surface area contributed by atoms with Crippen molar-refractivity contribution < 1.29 is 19.4 Å². The van der Waals surface area contributed by atoms with Crippen LogP contribution in [0.5, 0.6) is 0 Å². The van der Waals surface area contributed by atoms with E-state index in [4.69, 9.17) is 4.74 Å². The summed E-state index contributed by atoms with van der Waals surface area (Å²) in [6.45, 7) is 7.06. The fraction of sp³-hybridized carbons (Fsp3) is 0.275. The molecule has 2 aliphatic heterocycles. The molecule has 4 heterocycles. The standard InChI is InChI=1S/C40H41N7O4/c48-36-14-17-45(18-15-36)34-7-1-28(2-8-34)39(49)43-33-6-12-38-31(26-33)27-41-47(38)35-9-3-29(4-10-35)40(50)42-32-5-11-37-30(25-32)13-16-46(37)20-19-44-21-23-51-24-22-44/h1-13,16,25-27,36,48H,14-15,17-24H2,(H,42,50)(H,43,49). The molecule has 8 rings (SSSR count). The Morgan fingerprint density at radius 3 is 1.98 bits per heavy atom. The van der Waals surface area contributed by atoms with E-state index < -0.39 is 0 Å². The van der Waals surface area contributed by atoms with E-state index in [1.807, 2.05) is 71.4 Å². The third-order valence-electron chi connectivity index (χ3n) is 9.95. The summed E-state index contributed by atoms with van der Waals surface area (Å²) in [4.78, 5) is 30.9. The number of carbonyl (C=O) groups is 2. The second kappa shape index (κ2) is 14.4. The van der Waals surface area contributed by atoms with Crippen LogP contribution in [-0.4, -0.2) is 88.2 Å². The summed E-state index contributed by atoms with van der Waals surface area (Å²) in [5, 5.41) is 22.4.